The Labute approximate surface area is 255 Å². The lowest BCUT2D eigenvalue weighted by Gasteiger charge is -2.13. The summed E-state index contributed by atoms with van der Waals surface area (Å²) in [6.07, 6.45) is 1.48. The molecule has 0 atom stereocenters. The van der Waals surface area contributed by atoms with Crippen LogP contribution in [0.3, 0.4) is 0 Å². The third-order valence-corrected chi connectivity index (χ3v) is 7.33. The Morgan fingerprint density at radius 1 is 1.02 bits per heavy atom. The first-order valence-electron chi connectivity index (χ1n) is 12.8. The minimum absolute atomic E-state index is 0.00940. The molecule has 5 rings (SSSR count). The van der Waals surface area contributed by atoms with Crippen LogP contribution in [0.5, 0.6) is 5.75 Å². The van der Waals surface area contributed by atoms with Crippen molar-refractivity contribution in [1.29, 1.82) is 0 Å². The van der Waals surface area contributed by atoms with E-state index in [9.17, 15) is 14.9 Å². The van der Waals surface area contributed by atoms with Gasteiger partial charge >= 0.3 is 0 Å². The average Bonchev–Trinajstić information content (AvgIpc) is 3.38. The molecule has 0 aliphatic carbocycles. The molecule has 0 saturated carbocycles. The van der Waals surface area contributed by atoms with E-state index in [0.29, 0.717) is 26.4 Å². The number of hydrogen-bond donors (Lipinski definition) is 1. The third-order valence-electron chi connectivity index (χ3n) is 6.46. The van der Waals surface area contributed by atoms with Gasteiger partial charge in [-0.2, -0.15) is 5.10 Å². The van der Waals surface area contributed by atoms with Crippen LogP contribution in [0, 0.1) is 17.0 Å². The second-order valence-corrected chi connectivity index (χ2v) is 10.6. The van der Waals surface area contributed by atoms with Gasteiger partial charge in [-0.3, -0.25) is 14.9 Å². The van der Waals surface area contributed by atoms with Crippen LogP contribution in [0.1, 0.15) is 27.2 Å². The molecule has 0 spiro atoms. The summed E-state index contributed by atoms with van der Waals surface area (Å²) >= 11 is 9.89. The van der Waals surface area contributed by atoms with Crippen LogP contribution in [0.4, 0.5) is 5.69 Å². The van der Waals surface area contributed by atoms with Crippen molar-refractivity contribution in [2.45, 2.75) is 13.5 Å². The zero-order valence-electron chi connectivity index (χ0n) is 22.3. The Morgan fingerprint density at radius 2 is 1.74 bits per heavy atom. The van der Waals surface area contributed by atoms with E-state index in [1.54, 1.807) is 36.4 Å². The van der Waals surface area contributed by atoms with Crippen molar-refractivity contribution in [1.82, 2.24) is 9.99 Å². The van der Waals surface area contributed by atoms with E-state index in [2.05, 4.69) is 55.3 Å². The van der Waals surface area contributed by atoms with Crippen LogP contribution in [0.2, 0.25) is 5.02 Å². The number of non-ortho nitro benzene ring substituents is 1. The maximum atomic E-state index is 12.7. The number of aromatic nitrogens is 1. The Hall–Kier alpha value is -4.73. The molecule has 210 valence electrons. The van der Waals surface area contributed by atoms with Gasteiger partial charge in [-0.05, 0) is 100 Å². The predicted octanol–water partition coefficient (Wildman–Crippen LogP) is 8.12. The van der Waals surface area contributed by atoms with Gasteiger partial charge in [0.25, 0.3) is 11.6 Å². The van der Waals surface area contributed by atoms with Crippen molar-refractivity contribution < 1.29 is 14.5 Å². The molecule has 5 aromatic rings. The van der Waals surface area contributed by atoms with Crippen molar-refractivity contribution in [2.24, 2.45) is 5.10 Å². The highest BCUT2D eigenvalue weighted by Crippen LogP contribution is 2.35. The Balaban J connectivity index is 1.21. The van der Waals surface area contributed by atoms with Gasteiger partial charge in [0.05, 0.1) is 26.3 Å². The largest absolute Gasteiger partial charge is 0.486 e. The standard InChI is InChI=1S/C32H24BrClN4O4/c1-21-7-16-30(24-5-3-2-4-6-24)37(21)26-14-10-25(11-15-26)32(39)36-35-19-23-17-28(33)31(29(34)18-23)42-20-22-8-12-27(13-9-22)38(40)41/h2-19H,20H2,1H3,(H,36,39)/b35-19+. The van der Waals surface area contributed by atoms with Crippen LogP contribution in [0.15, 0.2) is 113 Å². The number of halogens is 2. The number of nitro benzene ring substituents is 1. The second-order valence-electron chi connectivity index (χ2n) is 9.33. The Morgan fingerprint density at radius 3 is 2.40 bits per heavy atom. The molecule has 0 aliphatic rings. The summed E-state index contributed by atoms with van der Waals surface area (Å²) in [7, 11) is 0. The number of amides is 1. The van der Waals surface area contributed by atoms with Crippen LogP contribution < -0.4 is 10.2 Å². The maximum Gasteiger partial charge on any atom is 0.271 e. The topological polar surface area (TPSA) is 98.8 Å². The molecule has 0 radical (unpaired) electrons. The fraction of sp³-hybridized carbons (Fsp3) is 0.0625. The number of hydrogen-bond acceptors (Lipinski definition) is 5. The number of nitro groups is 1. The molecular weight excluding hydrogens is 620 g/mol. The molecule has 42 heavy (non-hydrogen) atoms. The number of benzene rings is 4. The third kappa shape index (κ3) is 6.59. The first-order chi connectivity index (χ1) is 20.3. The Kier molecular flexibility index (Phi) is 8.80. The quantitative estimate of drug-likeness (QED) is 0.0996. The first-order valence-corrected chi connectivity index (χ1v) is 14.0. The minimum Gasteiger partial charge on any atom is -0.486 e. The first kappa shape index (κ1) is 28.8. The van der Waals surface area contributed by atoms with Crippen molar-refractivity contribution in [3.63, 3.8) is 0 Å². The molecule has 0 fully saturated rings. The second kappa shape index (κ2) is 12.8. The van der Waals surface area contributed by atoms with Gasteiger partial charge in [0, 0.05) is 29.1 Å². The molecule has 4 aromatic carbocycles. The van der Waals surface area contributed by atoms with E-state index < -0.39 is 4.92 Å². The fourth-order valence-electron chi connectivity index (χ4n) is 4.37. The van der Waals surface area contributed by atoms with Crippen LogP contribution in [-0.2, 0) is 6.61 Å². The van der Waals surface area contributed by atoms with E-state index in [-0.39, 0.29) is 18.2 Å². The van der Waals surface area contributed by atoms with Crippen molar-refractivity contribution in [2.75, 3.05) is 0 Å². The van der Waals surface area contributed by atoms with E-state index in [1.165, 1.54) is 18.3 Å². The van der Waals surface area contributed by atoms with Crippen molar-refractivity contribution >= 4 is 45.3 Å². The van der Waals surface area contributed by atoms with E-state index in [1.807, 2.05) is 37.3 Å². The lowest BCUT2D eigenvalue weighted by Crippen LogP contribution is -2.17. The molecule has 1 N–H and O–H groups in total. The zero-order valence-corrected chi connectivity index (χ0v) is 24.7. The summed E-state index contributed by atoms with van der Waals surface area (Å²) in [5.41, 5.74) is 8.64. The van der Waals surface area contributed by atoms with Crippen molar-refractivity contribution in [3.8, 4) is 22.7 Å². The number of nitrogens with zero attached hydrogens (tertiary/aromatic N) is 3. The maximum absolute atomic E-state index is 12.7. The Bertz CT molecular complexity index is 1750. The number of rotatable bonds is 9. The number of carbonyl (C=O) groups is 1. The zero-order chi connectivity index (χ0) is 29.6. The molecule has 0 bridgehead atoms. The number of nitrogens with one attached hydrogen (secondary N) is 1. The van der Waals surface area contributed by atoms with Gasteiger partial charge < -0.3 is 9.30 Å². The molecule has 0 saturated heterocycles. The summed E-state index contributed by atoms with van der Waals surface area (Å²) in [6, 6.07) is 31.1. The number of hydrazone groups is 1. The summed E-state index contributed by atoms with van der Waals surface area (Å²) in [4.78, 5) is 23.1. The normalized spacial score (nSPS) is 11.0. The van der Waals surface area contributed by atoms with Gasteiger partial charge in [0.1, 0.15) is 6.61 Å². The molecular formula is C32H24BrClN4O4. The van der Waals surface area contributed by atoms with Crippen molar-refractivity contribution in [3.05, 3.63) is 145 Å². The van der Waals surface area contributed by atoms with Crippen LogP contribution in [-0.4, -0.2) is 21.6 Å². The molecule has 8 nitrogen and oxygen atoms in total. The summed E-state index contributed by atoms with van der Waals surface area (Å²) < 4.78 is 8.56. The van der Waals surface area contributed by atoms with E-state index in [0.717, 1.165) is 28.2 Å². The van der Waals surface area contributed by atoms with Gasteiger partial charge in [0.2, 0.25) is 0 Å². The highest BCUT2D eigenvalue weighted by Gasteiger charge is 2.12. The summed E-state index contributed by atoms with van der Waals surface area (Å²) in [5, 5.41) is 15.2. The molecule has 1 aromatic heterocycles. The monoisotopic (exact) mass is 642 g/mol. The molecule has 10 heteroatoms. The number of carbonyl (C=O) groups excluding carboxylic acids is 1. The van der Waals surface area contributed by atoms with E-state index in [4.69, 9.17) is 16.3 Å². The van der Waals surface area contributed by atoms with Crippen LogP contribution in [0.25, 0.3) is 16.9 Å². The van der Waals surface area contributed by atoms with Gasteiger partial charge in [0.15, 0.2) is 5.75 Å². The number of ether oxygens (including phenoxy) is 1. The van der Waals surface area contributed by atoms with Crippen LogP contribution >= 0.6 is 27.5 Å². The average molecular weight is 644 g/mol. The van der Waals surface area contributed by atoms with E-state index >= 15 is 0 Å². The lowest BCUT2D eigenvalue weighted by molar-refractivity contribution is -0.384. The molecule has 1 heterocycles. The molecule has 1 amide bonds. The lowest BCUT2D eigenvalue weighted by atomic mass is 10.1. The summed E-state index contributed by atoms with van der Waals surface area (Å²) in [6.45, 7) is 2.22. The molecule has 0 aliphatic heterocycles. The molecule has 0 unspecified atom stereocenters. The highest BCUT2D eigenvalue weighted by atomic mass is 79.9. The minimum atomic E-state index is -0.455. The van der Waals surface area contributed by atoms with Gasteiger partial charge in [-0.25, -0.2) is 5.43 Å². The SMILES string of the molecule is Cc1ccc(-c2ccccc2)n1-c1ccc(C(=O)N/N=C/c2cc(Cl)c(OCc3ccc([N+](=O)[O-])cc3)c(Br)c2)cc1. The smallest absolute Gasteiger partial charge is 0.271 e. The van der Waals surface area contributed by atoms with Gasteiger partial charge in [-0.1, -0.05) is 41.9 Å². The number of aryl methyl sites for hydroxylation is 1. The summed E-state index contributed by atoms with van der Waals surface area (Å²) in [5.74, 6) is 0.0724. The fourth-order valence-corrected chi connectivity index (χ4v) is 5.36. The highest BCUT2D eigenvalue weighted by molar-refractivity contribution is 9.10. The van der Waals surface area contributed by atoms with Gasteiger partial charge in [-0.15, -0.1) is 0 Å². The predicted molar refractivity (Wildman–Crippen MR) is 168 cm³/mol.